The van der Waals surface area contributed by atoms with Crippen LogP contribution in [0.4, 0.5) is 0 Å². The van der Waals surface area contributed by atoms with Crippen LogP contribution in [0.1, 0.15) is 50.1 Å². The first-order chi connectivity index (χ1) is 10.7. The van der Waals surface area contributed by atoms with Gasteiger partial charge in [-0.1, -0.05) is 43.2 Å². The minimum absolute atomic E-state index is 0.109. The van der Waals surface area contributed by atoms with Gasteiger partial charge in [-0.3, -0.25) is 9.59 Å². The summed E-state index contributed by atoms with van der Waals surface area (Å²) >= 11 is 0. The van der Waals surface area contributed by atoms with Crippen molar-refractivity contribution in [3.63, 3.8) is 0 Å². The zero-order valence-electron chi connectivity index (χ0n) is 12.8. The molecule has 1 amide bonds. The Morgan fingerprint density at radius 3 is 2.45 bits per heavy atom. The van der Waals surface area contributed by atoms with Crippen molar-refractivity contribution >= 4 is 11.9 Å². The van der Waals surface area contributed by atoms with Crippen LogP contribution in [0.25, 0.3) is 0 Å². The van der Waals surface area contributed by atoms with E-state index < -0.39 is 11.9 Å². The van der Waals surface area contributed by atoms with E-state index in [1.807, 2.05) is 35.2 Å². The van der Waals surface area contributed by atoms with Gasteiger partial charge in [-0.05, 0) is 30.7 Å². The Morgan fingerprint density at radius 1 is 1.14 bits per heavy atom. The molecule has 1 N–H and O–H groups in total. The summed E-state index contributed by atoms with van der Waals surface area (Å²) in [6.45, 7) is 0.710. The van der Waals surface area contributed by atoms with Crippen molar-refractivity contribution in [2.24, 2.45) is 11.8 Å². The number of nitrogens with zero attached hydrogens (tertiary/aromatic N) is 1. The molecule has 0 aromatic heterocycles. The molecule has 0 bridgehead atoms. The molecule has 4 heteroatoms. The number of piperidine rings is 1. The van der Waals surface area contributed by atoms with Crippen LogP contribution in [-0.4, -0.2) is 28.4 Å². The van der Waals surface area contributed by atoms with E-state index in [-0.39, 0.29) is 11.9 Å². The molecule has 0 unspecified atom stereocenters. The molecule has 4 nitrogen and oxygen atoms in total. The zero-order chi connectivity index (χ0) is 15.5. The van der Waals surface area contributed by atoms with Gasteiger partial charge >= 0.3 is 5.97 Å². The van der Waals surface area contributed by atoms with Crippen LogP contribution in [0.15, 0.2) is 30.3 Å². The van der Waals surface area contributed by atoms with Gasteiger partial charge in [0.1, 0.15) is 0 Å². The maximum Gasteiger partial charge on any atom is 0.308 e. The van der Waals surface area contributed by atoms with E-state index in [1.54, 1.807) is 0 Å². The Morgan fingerprint density at radius 2 is 1.82 bits per heavy atom. The smallest absolute Gasteiger partial charge is 0.308 e. The van der Waals surface area contributed by atoms with Crippen LogP contribution in [0.3, 0.4) is 0 Å². The van der Waals surface area contributed by atoms with Crippen molar-refractivity contribution in [2.45, 2.75) is 44.6 Å². The van der Waals surface area contributed by atoms with E-state index in [4.69, 9.17) is 0 Å². The molecule has 1 aromatic carbocycles. The van der Waals surface area contributed by atoms with Crippen molar-refractivity contribution in [2.75, 3.05) is 6.54 Å². The lowest BCUT2D eigenvalue weighted by molar-refractivity contribution is -0.152. The highest BCUT2D eigenvalue weighted by atomic mass is 16.4. The average Bonchev–Trinajstić information content (AvgIpc) is 3.03. The number of aliphatic carboxylic acids is 1. The van der Waals surface area contributed by atoms with Gasteiger partial charge in [-0.25, -0.2) is 0 Å². The molecule has 2 aliphatic rings. The fraction of sp³-hybridized carbons (Fsp3) is 0.556. The second-order valence-electron chi connectivity index (χ2n) is 6.54. The fourth-order valence-corrected chi connectivity index (χ4v) is 3.96. The predicted molar refractivity (Wildman–Crippen MR) is 83.2 cm³/mol. The molecule has 22 heavy (non-hydrogen) atoms. The molecule has 0 radical (unpaired) electrons. The number of hydrogen-bond acceptors (Lipinski definition) is 2. The minimum Gasteiger partial charge on any atom is -0.481 e. The Kier molecular flexibility index (Phi) is 4.46. The van der Waals surface area contributed by atoms with Gasteiger partial charge in [0.25, 0.3) is 0 Å². The molecule has 118 valence electrons. The molecular formula is C18H23NO3. The first-order valence-electron chi connectivity index (χ1n) is 8.24. The average molecular weight is 301 g/mol. The Bertz CT molecular complexity index is 537. The van der Waals surface area contributed by atoms with E-state index in [0.29, 0.717) is 25.3 Å². The van der Waals surface area contributed by atoms with Crippen molar-refractivity contribution < 1.29 is 14.7 Å². The number of carboxylic acids is 1. The third-order valence-electron chi connectivity index (χ3n) is 5.09. The Hall–Kier alpha value is -1.84. The van der Waals surface area contributed by atoms with Crippen LogP contribution in [0.5, 0.6) is 0 Å². The highest BCUT2D eigenvalue weighted by Gasteiger charge is 2.41. The number of hydrogen-bond donors (Lipinski definition) is 1. The fourth-order valence-electron chi connectivity index (χ4n) is 3.96. The van der Waals surface area contributed by atoms with Gasteiger partial charge in [-0.15, -0.1) is 0 Å². The summed E-state index contributed by atoms with van der Waals surface area (Å²) in [5.41, 5.74) is 0.945. The molecule has 1 aromatic rings. The Labute approximate surface area is 131 Å². The van der Waals surface area contributed by atoms with Crippen molar-refractivity contribution in [1.82, 2.24) is 4.90 Å². The SMILES string of the molecule is O=C(O)[C@H]1CCC(=O)N(CC2CCCC2)[C@@H]1c1ccccc1. The highest BCUT2D eigenvalue weighted by Crippen LogP contribution is 2.39. The highest BCUT2D eigenvalue weighted by molar-refractivity contribution is 5.81. The third kappa shape index (κ3) is 3.01. The van der Waals surface area contributed by atoms with Gasteiger partial charge in [0.05, 0.1) is 12.0 Å². The quantitative estimate of drug-likeness (QED) is 0.928. The van der Waals surface area contributed by atoms with E-state index in [2.05, 4.69) is 0 Å². The van der Waals surface area contributed by atoms with E-state index in [9.17, 15) is 14.7 Å². The summed E-state index contributed by atoms with van der Waals surface area (Å²) < 4.78 is 0. The molecule has 1 saturated heterocycles. The maximum absolute atomic E-state index is 12.5. The largest absolute Gasteiger partial charge is 0.481 e. The summed E-state index contributed by atoms with van der Waals surface area (Å²) in [6.07, 6.45) is 5.56. The number of rotatable bonds is 4. The normalized spacial score (nSPS) is 26.4. The number of carboxylic acid groups (broad SMARTS) is 1. The monoisotopic (exact) mass is 301 g/mol. The lowest BCUT2D eigenvalue weighted by Gasteiger charge is -2.41. The summed E-state index contributed by atoms with van der Waals surface area (Å²) in [5.74, 6) is -0.653. The van der Waals surface area contributed by atoms with Crippen LogP contribution in [0, 0.1) is 11.8 Å². The molecule has 1 aliphatic heterocycles. The first kappa shape index (κ1) is 15.1. The van der Waals surface area contributed by atoms with Gasteiger partial charge in [-0.2, -0.15) is 0 Å². The molecule has 2 fully saturated rings. The second-order valence-corrected chi connectivity index (χ2v) is 6.54. The summed E-state index contributed by atoms with van der Waals surface area (Å²) in [7, 11) is 0. The maximum atomic E-state index is 12.5. The van der Waals surface area contributed by atoms with Crippen molar-refractivity contribution in [3.8, 4) is 0 Å². The van der Waals surface area contributed by atoms with Gasteiger partial charge in [0.2, 0.25) is 5.91 Å². The van der Waals surface area contributed by atoms with Gasteiger partial charge in [0.15, 0.2) is 0 Å². The van der Waals surface area contributed by atoms with Crippen molar-refractivity contribution in [3.05, 3.63) is 35.9 Å². The molecular weight excluding hydrogens is 278 g/mol. The minimum atomic E-state index is -0.794. The summed E-state index contributed by atoms with van der Waals surface area (Å²) in [4.78, 5) is 26.0. The standard InChI is InChI=1S/C18H23NO3/c20-16-11-10-15(18(21)22)17(14-8-2-1-3-9-14)19(16)12-13-6-4-5-7-13/h1-3,8-9,13,15,17H,4-7,10-12H2,(H,21,22)/t15-,17+/m0/s1. The number of likely N-dealkylation sites (tertiary alicyclic amines) is 1. The number of benzene rings is 1. The van der Waals surface area contributed by atoms with E-state index >= 15 is 0 Å². The van der Waals surface area contributed by atoms with E-state index in [0.717, 1.165) is 18.4 Å². The molecule has 2 atom stereocenters. The lowest BCUT2D eigenvalue weighted by atomic mass is 9.83. The number of carbonyl (C=O) groups is 2. The van der Waals surface area contributed by atoms with Crippen molar-refractivity contribution in [1.29, 1.82) is 0 Å². The molecule has 3 rings (SSSR count). The van der Waals surface area contributed by atoms with Crippen LogP contribution < -0.4 is 0 Å². The zero-order valence-corrected chi connectivity index (χ0v) is 12.8. The molecule has 1 heterocycles. The van der Waals surface area contributed by atoms with Crippen LogP contribution >= 0.6 is 0 Å². The molecule has 0 spiro atoms. The lowest BCUT2D eigenvalue weighted by Crippen LogP contribution is -2.47. The predicted octanol–water partition coefficient (Wildman–Crippen LogP) is 3.24. The van der Waals surface area contributed by atoms with Gasteiger partial charge < -0.3 is 10.0 Å². The Balaban J connectivity index is 1.90. The first-order valence-corrected chi connectivity index (χ1v) is 8.24. The summed E-state index contributed by atoms with van der Waals surface area (Å²) in [6, 6.07) is 9.33. The topological polar surface area (TPSA) is 57.6 Å². The number of carbonyl (C=O) groups excluding carboxylic acids is 1. The van der Waals surface area contributed by atoms with Crippen LogP contribution in [0.2, 0.25) is 0 Å². The number of amides is 1. The summed E-state index contributed by atoms with van der Waals surface area (Å²) in [5, 5.41) is 9.60. The molecule has 1 aliphatic carbocycles. The van der Waals surface area contributed by atoms with E-state index in [1.165, 1.54) is 12.8 Å². The third-order valence-corrected chi connectivity index (χ3v) is 5.09. The van der Waals surface area contributed by atoms with Crippen LogP contribution in [-0.2, 0) is 9.59 Å². The second kappa shape index (κ2) is 6.51. The van der Waals surface area contributed by atoms with Gasteiger partial charge in [0, 0.05) is 13.0 Å². The molecule has 1 saturated carbocycles.